The third-order valence-corrected chi connectivity index (χ3v) is 6.61. The van der Waals surface area contributed by atoms with Gasteiger partial charge in [0.05, 0.1) is 6.16 Å². The zero-order chi connectivity index (χ0) is 28.0. The van der Waals surface area contributed by atoms with Gasteiger partial charge in [-0.1, -0.05) is 25.6 Å². The van der Waals surface area contributed by atoms with E-state index >= 15 is 0 Å². The number of hydrogen-bond acceptors (Lipinski definition) is 9. The van der Waals surface area contributed by atoms with Crippen molar-refractivity contribution in [1.29, 1.82) is 0 Å². The van der Waals surface area contributed by atoms with E-state index in [1.165, 1.54) is 0 Å². The molecule has 0 radical (unpaired) electrons. The highest BCUT2D eigenvalue weighted by molar-refractivity contribution is 7.51. The fourth-order valence-corrected chi connectivity index (χ4v) is 4.60. The van der Waals surface area contributed by atoms with Crippen LogP contribution < -0.4 is 4.74 Å². The smallest absolute Gasteiger partial charge is 0.325 e. The van der Waals surface area contributed by atoms with Crippen LogP contribution in [0.15, 0.2) is 24.3 Å². The Kier molecular flexibility index (Phi) is 10.5. The zero-order valence-corrected chi connectivity index (χ0v) is 23.5. The quantitative estimate of drug-likeness (QED) is 0.159. The Bertz CT molecular complexity index is 1080. The van der Waals surface area contributed by atoms with Crippen LogP contribution in [0.25, 0.3) is 0 Å². The number of carbonyl (C=O) groups is 3. The number of ether oxygens (including phenoxy) is 5. The molecule has 0 bridgehead atoms. The maximum atomic E-state index is 11.9. The highest BCUT2D eigenvalue weighted by Crippen LogP contribution is 2.39. The largest absolute Gasteiger partial charge is 0.461 e. The van der Waals surface area contributed by atoms with Crippen LogP contribution in [0.3, 0.4) is 0 Å². The lowest BCUT2D eigenvalue weighted by Gasteiger charge is -2.44. The monoisotopic (exact) mass is 556 g/mol. The van der Waals surface area contributed by atoms with Crippen LogP contribution in [0.2, 0.25) is 19.6 Å². The Balaban J connectivity index is 2.43. The van der Waals surface area contributed by atoms with Crippen LogP contribution in [0.5, 0.6) is 5.75 Å². The molecule has 2 rings (SSSR count). The standard InChI is InChI=1S/C24H33O11PSi/c1-15(25)31-21-20(11-13-36(28,29)30)35-24(23(33-17(3)27)22(21)32-16(2)26)34-19-9-7-18(8-10-19)12-14-37(4,5)6/h7-10,20-24H,11,13H2,1-6H3,(H2,28,29,30)/t20-,21-,22+,23+,24+/m1/s1. The third-order valence-electron chi connectivity index (χ3n) is 4.89. The first-order chi connectivity index (χ1) is 17.0. The number of hydrogen-bond donors (Lipinski definition) is 2. The number of rotatable bonds is 8. The summed E-state index contributed by atoms with van der Waals surface area (Å²) >= 11 is 0. The Morgan fingerprint density at radius 1 is 0.919 bits per heavy atom. The molecule has 5 atom stereocenters. The van der Waals surface area contributed by atoms with E-state index in [1.807, 2.05) is 0 Å². The summed E-state index contributed by atoms with van der Waals surface area (Å²) in [6.07, 6.45) is -7.43. The molecule has 1 saturated heterocycles. The van der Waals surface area contributed by atoms with Crippen molar-refractivity contribution in [3.05, 3.63) is 29.8 Å². The first-order valence-electron chi connectivity index (χ1n) is 11.6. The van der Waals surface area contributed by atoms with Crippen LogP contribution in [-0.4, -0.2) is 72.6 Å². The summed E-state index contributed by atoms with van der Waals surface area (Å²) in [5, 5.41) is 0. The second-order valence-corrected chi connectivity index (χ2v) is 16.1. The number of benzene rings is 1. The SMILES string of the molecule is CC(=O)O[C@@H]1[C@H](OC(C)=O)[C@@H](Oc2ccc(C#C[Si](C)(C)C)cc2)O[C@H](CCP(=O)(O)O)[C@H]1OC(C)=O. The molecule has 204 valence electrons. The normalized spacial score (nSPS) is 23.7. The maximum absolute atomic E-state index is 11.9. The molecule has 1 aromatic rings. The van der Waals surface area contributed by atoms with Crippen LogP contribution in [0, 0.1) is 11.5 Å². The van der Waals surface area contributed by atoms with E-state index in [4.69, 9.17) is 23.7 Å². The maximum Gasteiger partial charge on any atom is 0.325 e. The lowest BCUT2D eigenvalue weighted by atomic mass is 9.96. The lowest BCUT2D eigenvalue weighted by Crippen LogP contribution is -2.62. The van der Waals surface area contributed by atoms with E-state index < -0.39 is 70.4 Å². The van der Waals surface area contributed by atoms with Crippen molar-refractivity contribution in [2.45, 2.75) is 77.5 Å². The van der Waals surface area contributed by atoms with Gasteiger partial charge in [0.2, 0.25) is 12.4 Å². The minimum atomic E-state index is -4.45. The van der Waals surface area contributed by atoms with Crippen molar-refractivity contribution in [1.82, 2.24) is 0 Å². The zero-order valence-electron chi connectivity index (χ0n) is 21.6. The summed E-state index contributed by atoms with van der Waals surface area (Å²) in [5.74, 6) is 1.15. The van der Waals surface area contributed by atoms with Crippen LogP contribution in [0.4, 0.5) is 0 Å². The molecular formula is C24H33O11PSi. The van der Waals surface area contributed by atoms with E-state index in [0.717, 1.165) is 26.3 Å². The van der Waals surface area contributed by atoms with E-state index in [2.05, 4.69) is 31.1 Å². The van der Waals surface area contributed by atoms with Gasteiger partial charge >= 0.3 is 25.5 Å². The number of esters is 3. The summed E-state index contributed by atoms with van der Waals surface area (Å²) in [6.45, 7) is 9.73. The van der Waals surface area contributed by atoms with Crippen molar-refractivity contribution in [3.8, 4) is 17.2 Å². The van der Waals surface area contributed by atoms with Crippen molar-refractivity contribution in [2.75, 3.05) is 6.16 Å². The minimum Gasteiger partial charge on any atom is -0.461 e. The minimum absolute atomic E-state index is 0.266. The highest BCUT2D eigenvalue weighted by Gasteiger charge is 2.53. The first kappa shape index (κ1) is 30.5. The average molecular weight is 557 g/mol. The third kappa shape index (κ3) is 10.7. The van der Waals surface area contributed by atoms with Gasteiger partial charge in [-0.05, 0) is 30.7 Å². The van der Waals surface area contributed by atoms with Gasteiger partial charge in [0.25, 0.3) is 0 Å². The van der Waals surface area contributed by atoms with Crippen molar-refractivity contribution in [3.63, 3.8) is 0 Å². The van der Waals surface area contributed by atoms with E-state index in [9.17, 15) is 28.7 Å². The molecule has 13 heteroatoms. The van der Waals surface area contributed by atoms with E-state index in [-0.39, 0.29) is 6.42 Å². The predicted octanol–water partition coefficient (Wildman–Crippen LogP) is 2.38. The molecule has 0 unspecified atom stereocenters. The molecule has 1 aromatic carbocycles. The molecule has 1 aliphatic rings. The van der Waals surface area contributed by atoms with Crippen molar-refractivity contribution < 1.29 is 52.4 Å². The van der Waals surface area contributed by atoms with Gasteiger partial charge in [-0.25, -0.2) is 0 Å². The van der Waals surface area contributed by atoms with Gasteiger partial charge in [-0.3, -0.25) is 18.9 Å². The molecule has 0 aliphatic carbocycles. The molecule has 0 spiro atoms. The van der Waals surface area contributed by atoms with Crippen LogP contribution in [-0.2, 0) is 37.9 Å². The topological polar surface area (TPSA) is 155 Å². The van der Waals surface area contributed by atoms with Gasteiger partial charge in [0, 0.05) is 26.3 Å². The molecular weight excluding hydrogens is 523 g/mol. The first-order valence-corrected chi connectivity index (χ1v) is 16.9. The second kappa shape index (κ2) is 12.7. The van der Waals surface area contributed by atoms with Crippen molar-refractivity contribution in [2.24, 2.45) is 0 Å². The highest BCUT2D eigenvalue weighted by atomic mass is 31.2. The Morgan fingerprint density at radius 3 is 1.92 bits per heavy atom. The Hall–Kier alpha value is -2.68. The predicted molar refractivity (Wildman–Crippen MR) is 134 cm³/mol. The Morgan fingerprint density at radius 2 is 1.43 bits per heavy atom. The fourth-order valence-electron chi connectivity index (χ4n) is 3.49. The fraction of sp³-hybridized carbons (Fsp3) is 0.542. The summed E-state index contributed by atoms with van der Waals surface area (Å²) in [6, 6.07) is 6.74. The van der Waals surface area contributed by atoms with E-state index in [0.29, 0.717) is 5.75 Å². The van der Waals surface area contributed by atoms with Crippen LogP contribution in [0.1, 0.15) is 32.8 Å². The molecule has 0 aromatic heterocycles. The molecule has 0 saturated carbocycles. The van der Waals surface area contributed by atoms with E-state index in [1.54, 1.807) is 24.3 Å². The molecule has 1 aliphatic heterocycles. The van der Waals surface area contributed by atoms with Gasteiger partial charge in [0.1, 0.15) is 19.9 Å². The average Bonchev–Trinajstić information content (AvgIpc) is 2.74. The summed E-state index contributed by atoms with van der Waals surface area (Å²) in [5.41, 5.74) is 4.02. The Labute approximate surface area is 216 Å². The molecule has 1 fully saturated rings. The molecule has 37 heavy (non-hydrogen) atoms. The van der Waals surface area contributed by atoms with Gasteiger partial charge in [0.15, 0.2) is 12.2 Å². The van der Waals surface area contributed by atoms with Gasteiger partial charge in [-0.15, -0.1) is 5.54 Å². The molecule has 0 amide bonds. The van der Waals surface area contributed by atoms with Gasteiger partial charge < -0.3 is 33.5 Å². The molecule has 2 N–H and O–H groups in total. The lowest BCUT2D eigenvalue weighted by molar-refractivity contribution is -0.283. The summed E-state index contributed by atoms with van der Waals surface area (Å²) < 4.78 is 39.4. The second-order valence-electron chi connectivity index (χ2n) is 9.58. The van der Waals surface area contributed by atoms with Gasteiger partial charge in [-0.2, -0.15) is 0 Å². The number of carbonyl (C=O) groups excluding carboxylic acids is 3. The molecule has 1 heterocycles. The summed E-state index contributed by atoms with van der Waals surface area (Å²) in [7, 11) is -6.03. The van der Waals surface area contributed by atoms with Crippen molar-refractivity contribution >= 4 is 33.6 Å². The van der Waals surface area contributed by atoms with Crippen LogP contribution >= 0.6 is 7.60 Å². The summed E-state index contributed by atoms with van der Waals surface area (Å²) in [4.78, 5) is 54.4. The molecule has 11 nitrogen and oxygen atoms in total.